The van der Waals surface area contributed by atoms with Crippen LogP contribution in [0.3, 0.4) is 0 Å². The van der Waals surface area contributed by atoms with E-state index in [1.165, 1.54) is 47.2 Å². The second kappa shape index (κ2) is 3.95. The molecule has 1 saturated heterocycles. The van der Waals surface area contributed by atoms with Crippen LogP contribution in [0, 0.1) is 6.92 Å². The Bertz CT molecular complexity index is 417. The van der Waals surface area contributed by atoms with E-state index < -0.39 is 0 Å². The average molecular weight is 281 g/mol. The fourth-order valence-electron chi connectivity index (χ4n) is 2.99. The van der Waals surface area contributed by atoms with Crippen molar-refractivity contribution in [2.45, 2.75) is 32.2 Å². The molecule has 1 aromatic carbocycles. The number of hydrogen-bond donors (Lipinski definition) is 1. The van der Waals surface area contributed by atoms with Crippen LogP contribution in [0.15, 0.2) is 16.6 Å². The Balaban J connectivity index is 2.07. The SMILES string of the molecule is Cc1cc(Br)cc2c1N1CCCCC1CN2. The van der Waals surface area contributed by atoms with Gasteiger partial charge in [-0.25, -0.2) is 0 Å². The van der Waals surface area contributed by atoms with Crippen molar-refractivity contribution in [3.05, 3.63) is 22.2 Å². The fourth-order valence-corrected chi connectivity index (χ4v) is 3.56. The van der Waals surface area contributed by atoms with Gasteiger partial charge in [0.2, 0.25) is 0 Å². The normalized spacial score (nSPS) is 23.4. The molecule has 0 bridgehead atoms. The minimum absolute atomic E-state index is 0.709. The molecule has 0 saturated carbocycles. The van der Waals surface area contributed by atoms with Crippen molar-refractivity contribution in [3.8, 4) is 0 Å². The van der Waals surface area contributed by atoms with Gasteiger partial charge in [-0.2, -0.15) is 0 Å². The molecule has 1 fully saturated rings. The van der Waals surface area contributed by atoms with Crippen LogP contribution >= 0.6 is 15.9 Å². The van der Waals surface area contributed by atoms with Crippen LogP contribution in [-0.2, 0) is 0 Å². The van der Waals surface area contributed by atoms with Crippen LogP contribution < -0.4 is 10.2 Å². The molecule has 0 radical (unpaired) electrons. The van der Waals surface area contributed by atoms with Crippen molar-refractivity contribution in [3.63, 3.8) is 0 Å². The van der Waals surface area contributed by atoms with E-state index in [1.54, 1.807) is 0 Å². The lowest BCUT2D eigenvalue weighted by atomic mass is 9.96. The van der Waals surface area contributed by atoms with Crippen molar-refractivity contribution >= 4 is 27.3 Å². The summed E-state index contributed by atoms with van der Waals surface area (Å²) in [5.41, 5.74) is 4.10. The summed E-state index contributed by atoms with van der Waals surface area (Å²) in [4.78, 5) is 2.61. The summed E-state index contributed by atoms with van der Waals surface area (Å²) >= 11 is 3.57. The highest BCUT2D eigenvalue weighted by Gasteiger charge is 2.29. The molecule has 1 atom stereocenters. The van der Waals surface area contributed by atoms with Crippen LogP contribution in [0.25, 0.3) is 0 Å². The summed E-state index contributed by atoms with van der Waals surface area (Å²) in [6.45, 7) is 4.53. The quantitative estimate of drug-likeness (QED) is 0.782. The molecule has 86 valence electrons. The van der Waals surface area contributed by atoms with Gasteiger partial charge in [0.25, 0.3) is 0 Å². The zero-order chi connectivity index (χ0) is 11.1. The lowest BCUT2D eigenvalue weighted by Gasteiger charge is -2.43. The second-order valence-corrected chi connectivity index (χ2v) is 5.76. The smallest absolute Gasteiger partial charge is 0.0635 e. The molecule has 0 amide bonds. The molecule has 2 nitrogen and oxygen atoms in total. The van der Waals surface area contributed by atoms with Crippen LogP contribution in [0.2, 0.25) is 0 Å². The number of benzene rings is 1. The summed E-state index contributed by atoms with van der Waals surface area (Å²) in [5.74, 6) is 0. The molecule has 0 spiro atoms. The van der Waals surface area contributed by atoms with Crippen molar-refractivity contribution in [1.29, 1.82) is 0 Å². The van der Waals surface area contributed by atoms with E-state index >= 15 is 0 Å². The first-order valence-electron chi connectivity index (χ1n) is 6.06. The van der Waals surface area contributed by atoms with Crippen LogP contribution in [0.1, 0.15) is 24.8 Å². The van der Waals surface area contributed by atoms with Gasteiger partial charge < -0.3 is 10.2 Å². The van der Waals surface area contributed by atoms with E-state index in [0.717, 1.165) is 6.54 Å². The van der Waals surface area contributed by atoms with E-state index in [0.29, 0.717) is 6.04 Å². The topological polar surface area (TPSA) is 15.3 Å². The molecule has 1 aromatic rings. The number of nitrogens with zero attached hydrogens (tertiary/aromatic N) is 1. The van der Waals surface area contributed by atoms with Crippen molar-refractivity contribution in [2.24, 2.45) is 0 Å². The molecular formula is C13H17BrN2. The third-order valence-electron chi connectivity index (χ3n) is 3.71. The largest absolute Gasteiger partial charge is 0.381 e. The maximum absolute atomic E-state index is 3.57. The number of fused-ring (bicyclic) bond motifs is 3. The van der Waals surface area contributed by atoms with E-state index in [4.69, 9.17) is 0 Å². The summed E-state index contributed by atoms with van der Waals surface area (Å²) in [5, 5.41) is 3.57. The highest BCUT2D eigenvalue weighted by atomic mass is 79.9. The summed E-state index contributed by atoms with van der Waals surface area (Å²) in [6, 6.07) is 5.13. The zero-order valence-corrected chi connectivity index (χ0v) is 11.2. The number of rotatable bonds is 0. The standard InChI is InChI=1S/C13H17BrN2/c1-9-6-10(14)7-12-13(9)16-5-3-2-4-11(16)8-15-12/h6-7,11,15H,2-5,8H2,1H3. The number of hydrogen-bond acceptors (Lipinski definition) is 2. The zero-order valence-electron chi connectivity index (χ0n) is 9.59. The molecule has 0 aromatic heterocycles. The number of aryl methyl sites for hydroxylation is 1. The highest BCUT2D eigenvalue weighted by Crippen LogP contribution is 2.39. The van der Waals surface area contributed by atoms with Gasteiger partial charge in [-0.1, -0.05) is 15.9 Å². The van der Waals surface area contributed by atoms with Crippen molar-refractivity contribution < 1.29 is 0 Å². The molecule has 3 rings (SSSR count). The Morgan fingerprint density at radius 1 is 1.38 bits per heavy atom. The van der Waals surface area contributed by atoms with Crippen LogP contribution in [-0.4, -0.2) is 19.1 Å². The molecular weight excluding hydrogens is 264 g/mol. The summed E-state index contributed by atoms with van der Waals surface area (Å²) < 4.78 is 1.17. The van der Waals surface area contributed by atoms with E-state index in [-0.39, 0.29) is 0 Å². The minimum Gasteiger partial charge on any atom is -0.381 e. The predicted octanol–water partition coefficient (Wildman–Crippen LogP) is 3.54. The first-order chi connectivity index (χ1) is 7.75. The monoisotopic (exact) mass is 280 g/mol. The molecule has 3 heteroatoms. The third kappa shape index (κ3) is 1.61. The second-order valence-electron chi connectivity index (χ2n) is 4.84. The van der Waals surface area contributed by atoms with E-state index in [9.17, 15) is 0 Å². The summed E-state index contributed by atoms with van der Waals surface area (Å²) in [7, 11) is 0. The summed E-state index contributed by atoms with van der Waals surface area (Å²) in [6.07, 6.45) is 4.06. The van der Waals surface area contributed by atoms with Crippen molar-refractivity contribution in [2.75, 3.05) is 23.3 Å². The van der Waals surface area contributed by atoms with Gasteiger partial charge in [0.15, 0.2) is 0 Å². The number of piperidine rings is 1. The van der Waals surface area contributed by atoms with Gasteiger partial charge in [0.1, 0.15) is 0 Å². The molecule has 2 aliphatic heterocycles. The van der Waals surface area contributed by atoms with E-state index in [1.807, 2.05) is 0 Å². The van der Waals surface area contributed by atoms with Gasteiger partial charge in [-0.05, 0) is 43.9 Å². The Labute approximate surface area is 105 Å². The Kier molecular flexibility index (Phi) is 2.58. The number of anilines is 2. The molecule has 2 aliphatic rings. The van der Waals surface area contributed by atoms with Crippen molar-refractivity contribution in [1.82, 2.24) is 0 Å². The maximum Gasteiger partial charge on any atom is 0.0635 e. The number of halogens is 1. The number of nitrogens with one attached hydrogen (secondary N) is 1. The molecule has 1 unspecified atom stereocenters. The van der Waals surface area contributed by atoms with Gasteiger partial charge in [0.05, 0.1) is 11.4 Å². The van der Waals surface area contributed by atoms with Gasteiger partial charge in [-0.3, -0.25) is 0 Å². The Hall–Kier alpha value is -0.700. The first-order valence-corrected chi connectivity index (χ1v) is 6.85. The van der Waals surface area contributed by atoms with Gasteiger partial charge in [-0.15, -0.1) is 0 Å². The minimum atomic E-state index is 0.709. The lowest BCUT2D eigenvalue weighted by Crippen LogP contribution is -2.47. The van der Waals surface area contributed by atoms with Crippen LogP contribution in [0.4, 0.5) is 11.4 Å². The molecule has 2 heterocycles. The fraction of sp³-hybridized carbons (Fsp3) is 0.538. The average Bonchev–Trinajstić information content (AvgIpc) is 2.28. The molecule has 0 aliphatic carbocycles. The highest BCUT2D eigenvalue weighted by molar-refractivity contribution is 9.10. The third-order valence-corrected chi connectivity index (χ3v) is 4.17. The maximum atomic E-state index is 3.57. The van der Waals surface area contributed by atoms with Gasteiger partial charge in [0, 0.05) is 23.6 Å². The Morgan fingerprint density at radius 2 is 2.25 bits per heavy atom. The van der Waals surface area contributed by atoms with E-state index in [2.05, 4.69) is 45.2 Å². The predicted molar refractivity (Wildman–Crippen MR) is 72.4 cm³/mol. The Morgan fingerprint density at radius 3 is 3.12 bits per heavy atom. The van der Waals surface area contributed by atoms with Gasteiger partial charge >= 0.3 is 0 Å². The van der Waals surface area contributed by atoms with Crippen LogP contribution in [0.5, 0.6) is 0 Å². The molecule has 1 N–H and O–H groups in total. The first kappa shape index (κ1) is 10.5. The molecule has 16 heavy (non-hydrogen) atoms. The lowest BCUT2D eigenvalue weighted by molar-refractivity contribution is 0.465.